The maximum atomic E-state index is 12.7. The minimum atomic E-state index is -0.510. The number of halogens is 1. The van der Waals surface area contributed by atoms with Gasteiger partial charge in [0.05, 0.1) is 4.92 Å². The van der Waals surface area contributed by atoms with Crippen LogP contribution >= 0.6 is 23.4 Å². The molecule has 10 heteroatoms. The smallest absolute Gasteiger partial charge is 0.273 e. The Hall–Kier alpha value is -2.91. The fraction of sp³-hybridized carbons (Fsp3) is 0.211. The molecule has 0 saturated heterocycles. The molecule has 8 nitrogen and oxygen atoms in total. The lowest BCUT2D eigenvalue weighted by Gasteiger charge is -2.10. The number of nitrogens with zero attached hydrogens (tertiary/aromatic N) is 4. The molecule has 2 aromatic carbocycles. The topological polar surface area (TPSA) is 103 Å². The van der Waals surface area contributed by atoms with Gasteiger partial charge in [-0.05, 0) is 31.5 Å². The Morgan fingerprint density at radius 2 is 2.00 bits per heavy atom. The molecule has 0 spiro atoms. The van der Waals surface area contributed by atoms with Gasteiger partial charge in [0, 0.05) is 34.5 Å². The van der Waals surface area contributed by atoms with Gasteiger partial charge in [-0.3, -0.25) is 24.8 Å². The molecule has 1 aromatic heterocycles. The van der Waals surface area contributed by atoms with Gasteiger partial charge in [-0.1, -0.05) is 47.6 Å². The lowest BCUT2D eigenvalue weighted by atomic mass is 10.1. The van der Waals surface area contributed by atoms with E-state index < -0.39 is 10.8 Å². The highest BCUT2D eigenvalue weighted by Crippen LogP contribution is 2.27. The van der Waals surface area contributed by atoms with E-state index in [2.05, 4.69) is 15.5 Å². The third kappa shape index (κ3) is 4.57. The molecule has 3 aromatic rings. The van der Waals surface area contributed by atoms with Crippen molar-refractivity contribution in [3.8, 4) is 0 Å². The number of rotatable bonds is 7. The molecule has 3 rings (SSSR count). The molecule has 1 amide bonds. The van der Waals surface area contributed by atoms with Crippen molar-refractivity contribution in [2.45, 2.75) is 31.3 Å². The van der Waals surface area contributed by atoms with Crippen LogP contribution in [0.1, 0.15) is 28.4 Å². The van der Waals surface area contributed by atoms with Gasteiger partial charge < -0.3 is 0 Å². The van der Waals surface area contributed by atoms with Crippen LogP contribution in [0.2, 0.25) is 5.02 Å². The Kier molecular flexibility index (Phi) is 6.50. The Balaban J connectivity index is 1.79. The predicted molar refractivity (Wildman–Crippen MR) is 112 cm³/mol. The van der Waals surface area contributed by atoms with Gasteiger partial charge in [0.15, 0.2) is 5.16 Å². The summed E-state index contributed by atoms with van der Waals surface area (Å²) in [6.45, 7) is 4.00. The first-order chi connectivity index (χ1) is 13.9. The van der Waals surface area contributed by atoms with Gasteiger partial charge in [-0.15, -0.1) is 10.2 Å². The average molecular weight is 432 g/mol. The van der Waals surface area contributed by atoms with Crippen LogP contribution < -0.4 is 5.32 Å². The quantitative estimate of drug-likeness (QED) is 0.330. The Labute approximate surface area is 176 Å². The average Bonchev–Trinajstić information content (AvgIpc) is 3.08. The highest BCUT2D eigenvalue weighted by molar-refractivity contribution is 7.98. The van der Waals surface area contributed by atoms with Crippen molar-refractivity contribution >= 4 is 40.9 Å². The van der Waals surface area contributed by atoms with Crippen molar-refractivity contribution in [1.82, 2.24) is 14.8 Å². The summed E-state index contributed by atoms with van der Waals surface area (Å²) in [6.07, 6.45) is 0. The number of anilines is 1. The summed E-state index contributed by atoms with van der Waals surface area (Å²) < 4.78 is 1.77. The second-order valence-electron chi connectivity index (χ2n) is 6.09. The van der Waals surface area contributed by atoms with Crippen LogP contribution in [0, 0.1) is 17.0 Å². The van der Waals surface area contributed by atoms with Crippen molar-refractivity contribution in [2.75, 3.05) is 5.32 Å². The molecule has 0 unspecified atom stereocenters. The number of carbonyl (C=O) groups excluding carboxylic acids is 1. The van der Waals surface area contributed by atoms with Gasteiger partial charge in [-0.2, -0.15) is 0 Å². The Morgan fingerprint density at radius 1 is 1.24 bits per heavy atom. The standard InChI is InChI=1S/C19H18ClN5O3S/c1-3-24-18(21-17(26)14-8-6-10-16(12(14)2)25(27)28)22-23-19(24)29-11-13-7-4-5-9-15(13)20/h4-10H,3,11H2,1-2H3,(H,21,22,26). The summed E-state index contributed by atoms with van der Waals surface area (Å²) in [5, 5.41) is 23.3. The maximum absolute atomic E-state index is 12.7. The first-order valence-corrected chi connectivity index (χ1v) is 10.1. The van der Waals surface area contributed by atoms with Gasteiger partial charge in [0.2, 0.25) is 5.95 Å². The minimum Gasteiger partial charge on any atom is -0.290 e. The lowest BCUT2D eigenvalue weighted by molar-refractivity contribution is -0.385. The van der Waals surface area contributed by atoms with E-state index in [1.807, 2.05) is 31.2 Å². The van der Waals surface area contributed by atoms with Crippen LogP contribution in [0.5, 0.6) is 0 Å². The van der Waals surface area contributed by atoms with E-state index in [0.717, 1.165) is 5.56 Å². The van der Waals surface area contributed by atoms with E-state index in [4.69, 9.17) is 11.6 Å². The summed E-state index contributed by atoms with van der Waals surface area (Å²) in [4.78, 5) is 23.3. The second kappa shape index (κ2) is 9.06. The van der Waals surface area contributed by atoms with E-state index >= 15 is 0 Å². The molecule has 0 saturated carbocycles. The lowest BCUT2D eigenvalue weighted by Crippen LogP contribution is -2.17. The number of aromatic nitrogens is 3. The van der Waals surface area contributed by atoms with Crippen molar-refractivity contribution in [1.29, 1.82) is 0 Å². The van der Waals surface area contributed by atoms with Crippen LogP contribution in [0.3, 0.4) is 0 Å². The number of nitro groups is 1. The molecular formula is C19H18ClN5O3S. The first-order valence-electron chi connectivity index (χ1n) is 8.77. The van der Waals surface area contributed by atoms with E-state index in [1.54, 1.807) is 11.5 Å². The normalized spacial score (nSPS) is 10.7. The fourth-order valence-corrected chi connectivity index (χ4v) is 4.05. The molecule has 150 valence electrons. The van der Waals surface area contributed by atoms with E-state index in [1.165, 1.54) is 30.0 Å². The largest absolute Gasteiger partial charge is 0.290 e. The third-order valence-corrected chi connectivity index (χ3v) is 5.70. The zero-order valence-electron chi connectivity index (χ0n) is 15.8. The SMILES string of the molecule is CCn1c(NC(=O)c2cccc([N+](=O)[O-])c2C)nnc1SCc1ccccc1Cl. The highest BCUT2D eigenvalue weighted by atomic mass is 35.5. The maximum Gasteiger partial charge on any atom is 0.273 e. The number of benzene rings is 2. The molecular weight excluding hydrogens is 414 g/mol. The summed E-state index contributed by atoms with van der Waals surface area (Å²) >= 11 is 7.65. The van der Waals surface area contributed by atoms with Gasteiger partial charge >= 0.3 is 0 Å². The highest BCUT2D eigenvalue weighted by Gasteiger charge is 2.20. The summed E-state index contributed by atoms with van der Waals surface area (Å²) in [7, 11) is 0. The van der Waals surface area contributed by atoms with Crippen LogP contribution in [-0.2, 0) is 12.3 Å². The molecule has 0 aliphatic carbocycles. The van der Waals surface area contributed by atoms with Crippen LogP contribution in [0.4, 0.5) is 11.6 Å². The fourth-order valence-electron chi connectivity index (χ4n) is 2.77. The van der Waals surface area contributed by atoms with Crippen molar-refractivity contribution in [3.63, 3.8) is 0 Å². The molecule has 0 radical (unpaired) electrons. The number of thioether (sulfide) groups is 1. The molecule has 0 aliphatic rings. The number of nitro benzene ring substituents is 1. The van der Waals surface area contributed by atoms with Crippen LogP contribution in [0.25, 0.3) is 0 Å². The second-order valence-corrected chi connectivity index (χ2v) is 7.44. The minimum absolute atomic E-state index is 0.106. The van der Waals surface area contributed by atoms with Gasteiger partial charge in [0.25, 0.3) is 11.6 Å². The predicted octanol–water partition coefficient (Wildman–Crippen LogP) is 4.71. The van der Waals surface area contributed by atoms with Gasteiger partial charge in [0.1, 0.15) is 0 Å². The Bertz CT molecular complexity index is 1070. The van der Waals surface area contributed by atoms with Crippen molar-refractivity contribution in [3.05, 3.63) is 74.3 Å². The summed E-state index contributed by atoms with van der Waals surface area (Å²) in [6, 6.07) is 11.9. The molecule has 1 heterocycles. The third-order valence-electron chi connectivity index (χ3n) is 4.32. The van der Waals surface area contributed by atoms with Gasteiger partial charge in [-0.25, -0.2) is 0 Å². The van der Waals surface area contributed by atoms with E-state index in [9.17, 15) is 14.9 Å². The van der Waals surface area contributed by atoms with Crippen LogP contribution in [-0.4, -0.2) is 25.6 Å². The van der Waals surface area contributed by atoms with E-state index in [-0.39, 0.29) is 17.2 Å². The zero-order valence-corrected chi connectivity index (χ0v) is 17.3. The molecule has 29 heavy (non-hydrogen) atoms. The number of nitrogens with one attached hydrogen (secondary N) is 1. The summed E-state index contributed by atoms with van der Waals surface area (Å²) in [5.74, 6) is 0.413. The van der Waals surface area contributed by atoms with Crippen LogP contribution in [0.15, 0.2) is 47.6 Å². The number of hydrogen-bond donors (Lipinski definition) is 1. The van der Waals surface area contributed by atoms with E-state index in [0.29, 0.717) is 28.0 Å². The summed E-state index contributed by atoms with van der Waals surface area (Å²) in [5.41, 5.74) is 1.38. The molecule has 0 atom stereocenters. The zero-order chi connectivity index (χ0) is 21.0. The molecule has 0 fully saturated rings. The van der Waals surface area contributed by atoms with Crippen molar-refractivity contribution < 1.29 is 9.72 Å². The number of amides is 1. The number of hydrogen-bond acceptors (Lipinski definition) is 6. The first kappa shape index (κ1) is 20.8. The molecule has 0 bridgehead atoms. The van der Waals surface area contributed by atoms with Crippen molar-refractivity contribution in [2.24, 2.45) is 0 Å². The monoisotopic (exact) mass is 431 g/mol. The Morgan fingerprint density at radius 3 is 2.69 bits per heavy atom. The molecule has 0 aliphatic heterocycles. The molecule has 1 N–H and O–H groups in total. The number of carbonyl (C=O) groups is 1.